The van der Waals surface area contributed by atoms with Crippen LogP contribution < -0.4 is 4.74 Å². The van der Waals surface area contributed by atoms with Crippen LogP contribution in [0.25, 0.3) is 0 Å². The zero-order valence-electron chi connectivity index (χ0n) is 17.8. The average Bonchev–Trinajstić information content (AvgIpc) is 2.80. The van der Waals surface area contributed by atoms with Crippen LogP contribution in [0.3, 0.4) is 0 Å². The Hall–Kier alpha value is -2.13. The van der Waals surface area contributed by atoms with Crippen molar-refractivity contribution in [3.8, 4) is 5.75 Å². The van der Waals surface area contributed by atoms with Crippen LogP contribution in [0.5, 0.6) is 5.75 Å². The second-order valence-corrected chi connectivity index (χ2v) is 9.88. The third-order valence-electron chi connectivity index (χ3n) is 5.48. The van der Waals surface area contributed by atoms with Gasteiger partial charge in [0.25, 0.3) is 0 Å². The molecular formula is C22H28ClN3O4S. The summed E-state index contributed by atoms with van der Waals surface area (Å²) in [5, 5.41) is 0.653. The van der Waals surface area contributed by atoms with Crippen LogP contribution >= 0.6 is 11.6 Å². The number of carbonyl (C=O) groups is 1. The molecule has 1 amide bonds. The minimum Gasteiger partial charge on any atom is -0.492 e. The third kappa shape index (κ3) is 5.98. The molecule has 1 aliphatic heterocycles. The Bertz CT molecular complexity index is 962. The zero-order chi connectivity index (χ0) is 22.4. The van der Waals surface area contributed by atoms with Gasteiger partial charge < -0.3 is 9.64 Å². The maximum Gasteiger partial charge on any atom is 0.243 e. The molecule has 0 N–H and O–H groups in total. The molecule has 0 bridgehead atoms. The summed E-state index contributed by atoms with van der Waals surface area (Å²) in [6.45, 7) is 4.22. The van der Waals surface area contributed by atoms with Gasteiger partial charge in [0.15, 0.2) is 0 Å². The molecule has 0 unspecified atom stereocenters. The molecule has 0 aliphatic carbocycles. The molecule has 0 saturated carbocycles. The van der Waals surface area contributed by atoms with Crippen molar-refractivity contribution >= 4 is 27.5 Å². The van der Waals surface area contributed by atoms with Crippen LogP contribution in [0.4, 0.5) is 0 Å². The summed E-state index contributed by atoms with van der Waals surface area (Å²) < 4.78 is 32.7. The lowest BCUT2D eigenvalue weighted by molar-refractivity contribution is -0.137. The molecule has 0 aromatic heterocycles. The van der Waals surface area contributed by atoms with Gasteiger partial charge in [-0.05, 0) is 50.4 Å². The number of piperazine rings is 1. The van der Waals surface area contributed by atoms with E-state index in [9.17, 15) is 13.2 Å². The Morgan fingerprint density at radius 3 is 2.29 bits per heavy atom. The van der Waals surface area contributed by atoms with E-state index in [2.05, 4.69) is 0 Å². The summed E-state index contributed by atoms with van der Waals surface area (Å²) in [5.74, 6) is 0.721. The predicted octanol–water partition coefficient (Wildman–Crippen LogP) is 2.57. The van der Waals surface area contributed by atoms with Gasteiger partial charge >= 0.3 is 0 Å². The summed E-state index contributed by atoms with van der Waals surface area (Å²) >= 11 is 5.87. The largest absolute Gasteiger partial charge is 0.492 e. The molecule has 0 spiro atoms. The van der Waals surface area contributed by atoms with Crippen molar-refractivity contribution in [2.45, 2.75) is 17.9 Å². The molecule has 3 rings (SSSR count). The van der Waals surface area contributed by atoms with E-state index in [4.69, 9.17) is 16.3 Å². The molecule has 7 nitrogen and oxygen atoms in total. The topological polar surface area (TPSA) is 70.2 Å². The van der Waals surface area contributed by atoms with E-state index in [0.717, 1.165) is 5.75 Å². The van der Waals surface area contributed by atoms with Crippen molar-refractivity contribution in [1.29, 1.82) is 0 Å². The Kier molecular flexibility index (Phi) is 7.94. The predicted molar refractivity (Wildman–Crippen MR) is 121 cm³/mol. The third-order valence-corrected chi connectivity index (χ3v) is 7.64. The number of hydrogen-bond acceptors (Lipinski definition) is 5. The van der Waals surface area contributed by atoms with Crippen LogP contribution in [0.15, 0.2) is 59.5 Å². The number of halogens is 1. The first kappa shape index (κ1) is 23.5. The van der Waals surface area contributed by atoms with Crippen molar-refractivity contribution in [1.82, 2.24) is 14.1 Å². The summed E-state index contributed by atoms with van der Waals surface area (Å²) in [6, 6.07) is 15.2. The molecular weight excluding hydrogens is 438 g/mol. The smallest absolute Gasteiger partial charge is 0.243 e. The Balaban J connectivity index is 1.47. The fourth-order valence-electron chi connectivity index (χ4n) is 3.38. The first-order chi connectivity index (χ1) is 14.8. The lowest BCUT2D eigenvalue weighted by atomic mass is 10.2. The molecule has 2 aromatic carbocycles. The first-order valence-corrected chi connectivity index (χ1v) is 12.0. The quantitative estimate of drug-likeness (QED) is 0.599. The van der Waals surface area contributed by atoms with Gasteiger partial charge in [0.1, 0.15) is 12.4 Å². The van der Waals surface area contributed by atoms with Crippen molar-refractivity contribution in [2.24, 2.45) is 0 Å². The number of amides is 1. The highest BCUT2D eigenvalue weighted by Gasteiger charge is 2.32. The highest BCUT2D eigenvalue weighted by Crippen LogP contribution is 2.18. The summed E-state index contributed by atoms with van der Waals surface area (Å²) in [7, 11) is -1.65. The van der Waals surface area contributed by atoms with Gasteiger partial charge in [0.2, 0.25) is 15.9 Å². The Morgan fingerprint density at radius 1 is 1.06 bits per heavy atom. The molecule has 1 heterocycles. The van der Waals surface area contributed by atoms with Crippen LogP contribution in [0.1, 0.15) is 6.92 Å². The number of hydrogen-bond donors (Lipinski definition) is 0. The number of ether oxygens (including phenoxy) is 1. The van der Waals surface area contributed by atoms with Gasteiger partial charge in [-0.2, -0.15) is 4.31 Å². The molecule has 9 heteroatoms. The second-order valence-electron chi connectivity index (χ2n) is 7.50. The summed E-state index contributed by atoms with van der Waals surface area (Å²) in [4.78, 5) is 16.8. The molecule has 31 heavy (non-hydrogen) atoms. The standard InChI is InChI=1S/C22H28ClN3O4S/c1-18(24(2)16-17-30-20-10-8-19(23)9-11-20)22(27)25-12-14-26(15-13-25)31(28,29)21-6-4-3-5-7-21/h3-11,18H,12-17H2,1-2H3/t18-/m1/s1. The van der Waals surface area contributed by atoms with Gasteiger partial charge in [-0.25, -0.2) is 8.42 Å². The fourth-order valence-corrected chi connectivity index (χ4v) is 4.94. The Morgan fingerprint density at radius 2 is 1.68 bits per heavy atom. The highest BCUT2D eigenvalue weighted by atomic mass is 35.5. The van der Waals surface area contributed by atoms with Crippen molar-refractivity contribution in [3.05, 3.63) is 59.6 Å². The molecule has 2 aromatic rings. The fraction of sp³-hybridized carbons (Fsp3) is 0.409. The zero-order valence-corrected chi connectivity index (χ0v) is 19.3. The van der Waals surface area contributed by atoms with Crippen LogP contribution in [0.2, 0.25) is 5.02 Å². The van der Waals surface area contributed by atoms with E-state index in [-0.39, 0.29) is 16.8 Å². The second kappa shape index (κ2) is 10.5. The van der Waals surface area contributed by atoms with Crippen molar-refractivity contribution in [3.63, 3.8) is 0 Å². The number of nitrogens with zero attached hydrogens (tertiary/aromatic N) is 3. The minimum atomic E-state index is -3.53. The molecule has 1 saturated heterocycles. The first-order valence-electron chi connectivity index (χ1n) is 10.2. The maximum atomic E-state index is 12.9. The van der Waals surface area contributed by atoms with Crippen molar-refractivity contribution < 1.29 is 17.9 Å². The molecule has 1 fully saturated rings. The van der Waals surface area contributed by atoms with Crippen LogP contribution in [-0.2, 0) is 14.8 Å². The number of rotatable bonds is 8. The number of likely N-dealkylation sites (N-methyl/N-ethyl adjacent to an activating group) is 1. The molecule has 1 atom stereocenters. The highest BCUT2D eigenvalue weighted by molar-refractivity contribution is 7.89. The van der Waals surface area contributed by atoms with Gasteiger partial charge in [-0.3, -0.25) is 9.69 Å². The van der Waals surface area contributed by atoms with E-state index >= 15 is 0 Å². The number of carbonyl (C=O) groups excluding carboxylic acids is 1. The normalized spacial score (nSPS) is 16.3. The van der Waals surface area contributed by atoms with E-state index in [0.29, 0.717) is 44.4 Å². The van der Waals surface area contributed by atoms with E-state index in [1.807, 2.05) is 18.9 Å². The summed E-state index contributed by atoms with van der Waals surface area (Å²) in [6.07, 6.45) is 0. The minimum absolute atomic E-state index is 0.00856. The van der Waals surface area contributed by atoms with Gasteiger partial charge in [0.05, 0.1) is 10.9 Å². The van der Waals surface area contributed by atoms with Crippen LogP contribution in [-0.4, -0.2) is 80.9 Å². The van der Waals surface area contributed by atoms with Crippen LogP contribution in [0, 0.1) is 0 Å². The SMILES string of the molecule is C[C@H](C(=O)N1CCN(S(=O)(=O)c2ccccc2)CC1)N(C)CCOc1ccc(Cl)cc1. The Labute approximate surface area is 189 Å². The maximum absolute atomic E-state index is 12.9. The van der Waals surface area contributed by atoms with E-state index in [1.54, 1.807) is 59.5 Å². The number of benzene rings is 2. The average molecular weight is 466 g/mol. The van der Waals surface area contributed by atoms with Crippen molar-refractivity contribution in [2.75, 3.05) is 46.4 Å². The molecule has 0 radical (unpaired) electrons. The van der Waals surface area contributed by atoms with Gasteiger partial charge in [-0.1, -0.05) is 29.8 Å². The number of sulfonamides is 1. The van der Waals surface area contributed by atoms with Gasteiger partial charge in [0, 0.05) is 37.7 Å². The van der Waals surface area contributed by atoms with Gasteiger partial charge in [-0.15, -0.1) is 0 Å². The monoisotopic (exact) mass is 465 g/mol. The lowest BCUT2D eigenvalue weighted by Gasteiger charge is -2.36. The van der Waals surface area contributed by atoms with E-state index in [1.165, 1.54) is 4.31 Å². The summed E-state index contributed by atoms with van der Waals surface area (Å²) in [5.41, 5.74) is 0. The molecule has 168 valence electrons. The lowest BCUT2D eigenvalue weighted by Crippen LogP contribution is -2.54. The molecule has 1 aliphatic rings. The van der Waals surface area contributed by atoms with E-state index < -0.39 is 10.0 Å².